The standard InChI is InChI=1S/C23H15Cl2F2N3O3S/c1-11-6-12(24)2-4-19(11)32-10-21(31)30-23(34)28-13-3-5-20-18(7-13)29-22(33-20)14-8-16(26)17(27)9-15(14)25/h2-9H,10H2,1H3,(H2,28,30,31,34). The molecule has 0 unspecified atom stereocenters. The van der Waals surface area contributed by atoms with Crippen molar-refractivity contribution in [1.29, 1.82) is 0 Å². The normalized spacial score (nSPS) is 10.9. The molecule has 0 saturated carbocycles. The van der Waals surface area contributed by atoms with Crippen molar-refractivity contribution >= 4 is 63.2 Å². The number of hydrogen-bond donors (Lipinski definition) is 2. The minimum absolute atomic E-state index is 0.0292. The van der Waals surface area contributed by atoms with E-state index < -0.39 is 17.5 Å². The summed E-state index contributed by atoms with van der Waals surface area (Å²) in [6.45, 7) is 1.57. The molecular formula is C23H15Cl2F2N3O3S. The van der Waals surface area contributed by atoms with Gasteiger partial charge in [0.05, 0.1) is 10.6 Å². The molecule has 1 heterocycles. The molecule has 0 atom stereocenters. The number of nitrogens with one attached hydrogen (secondary N) is 2. The van der Waals surface area contributed by atoms with E-state index in [9.17, 15) is 13.6 Å². The second-order valence-corrected chi connectivity index (χ2v) is 8.40. The number of thiocarbonyl (C=S) groups is 1. The maximum Gasteiger partial charge on any atom is 0.264 e. The Balaban J connectivity index is 1.40. The third kappa shape index (κ3) is 5.44. The topological polar surface area (TPSA) is 76.4 Å². The highest BCUT2D eigenvalue weighted by atomic mass is 35.5. The van der Waals surface area contributed by atoms with Gasteiger partial charge in [-0.2, -0.15) is 0 Å². The molecule has 3 aromatic carbocycles. The van der Waals surface area contributed by atoms with Crippen LogP contribution in [0.3, 0.4) is 0 Å². The van der Waals surface area contributed by atoms with E-state index in [1.807, 2.05) is 6.92 Å². The number of rotatable bonds is 5. The zero-order chi connectivity index (χ0) is 24.4. The summed E-state index contributed by atoms with van der Waals surface area (Å²) in [6.07, 6.45) is 0. The van der Waals surface area contributed by atoms with Crippen molar-refractivity contribution in [2.24, 2.45) is 0 Å². The molecule has 0 spiro atoms. The predicted molar refractivity (Wildman–Crippen MR) is 130 cm³/mol. The van der Waals surface area contributed by atoms with Gasteiger partial charge in [0.2, 0.25) is 5.89 Å². The van der Waals surface area contributed by atoms with E-state index in [2.05, 4.69) is 15.6 Å². The van der Waals surface area contributed by atoms with Crippen molar-refractivity contribution < 1.29 is 22.7 Å². The molecule has 174 valence electrons. The summed E-state index contributed by atoms with van der Waals surface area (Å²) in [6, 6.07) is 11.7. The highest BCUT2D eigenvalue weighted by molar-refractivity contribution is 7.80. The van der Waals surface area contributed by atoms with Crippen molar-refractivity contribution in [3.63, 3.8) is 0 Å². The van der Waals surface area contributed by atoms with E-state index in [0.717, 1.165) is 17.7 Å². The van der Waals surface area contributed by atoms with Crippen molar-refractivity contribution in [2.75, 3.05) is 11.9 Å². The molecule has 1 aromatic heterocycles. The smallest absolute Gasteiger partial charge is 0.264 e. The fourth-order valence-electron chi connectivity index (χ4n) is 3.05. The van der Waals surface area contributed by atoms with Crippen LogP contribution < -0.4 is 15.4 Å². The third-order valence-electron chi connectivity index (χ3n) is 4.63. The van der Waals surface area contributed by atoms with E-state index in [4.69, 9.17) is 44.6 Å². The van der Waals surface area contributed by atoms with Crippen LogP contribution in [0.4, 0.5) is 14.5 Å². The Kier molecular flexibility index (Phi) is 6.97. The first-order valence-electron chi connectivity index (χ1n) is 9.75. The van der Waals surface area contributed by atoms with Crippen LogP contribution in [0.25, 0.3) is 22.6 Å². The van der Waals surface area contributed by atoms with E-state index >= 15 is 0 Å². The minimum atomic E-state index is -1.07. The van der Waals surface area contributed by atoms with E-state index in [-0.39, 0.29) is 28.2 Å². The quantitative estimate of drug-likeness (QED) is 0.237. The zero-order valence-electron chi connectivity index (χ0n) is 17.4. The summed E-state index contributed by atoms with van der Waals surface area (Å²) >= 11 is 17.1. The molecule has 0 bridgehead atoms. The van der Waals surface area contributed by atoms with Gasteiger partial charge in [-0.05, 0) is 73.2 Å². The van der Waals surface area contributed by atoms with Gasteiger partial charge in [0.15, 0.2) is 28.9 Å². The Morgan fingerprint density at radius 3 is 2.65 bits per heavy atom. The number of oxazole rings is 1. The molecule has 4 aromatic rings. The number of amides is 1. The summed E-state index contributed by atoms with van der Waals surface area (Å²) in [5.41, 5.74) is 2.24. The minimum Gasteiger partial charge on any atom is -0.483 e. The van der Waals surface area contributed by atoms with Gasteiger partial charge in [-0.1, -0.05) is 23.2 Å². The maximum atomic E-state index is 13.6. The van der Waals surface area contributed by atoms with Gasteiger partial charge in [-0.25, -0.2) is 13.8 Å². The number of ether oxygens (including phenoxy) is 1. The van der Waals surface area contributed by atoms with E-state index in [0.29, 0.717) is 27.6 Å². The van der Waals surface area contributed by atoms with E-state index in [1.54, 1.807) is 36.4 Å². The van der Waals surface area contributed by atoms with Crippen molar-refractivity contribution in [2.45, 2.75) is 6.92 Å². The molecule has 11 heteroatoms. The molecule has 34 heavy (non-hydrogen) atoms. The number of benzene rings is 3. The Morgan fingerprint density at radius 2 is 1.88 bits per heavy atom. The Morgan fingerprint density at radius 1 is 1.12 bits per heavy atom. The van der Waals surface area contributed by atoms with Gasteiger partial charge in [0.1, 0.15) is 11.3 Å². The molecule has 0 saturated heterocycles. The Bertz CT molecular complexity index is 1430. The van der Waals surface area contributed by atoms with Gasteiger partial charge >= 0.3 is 0 Å². The van der Waals surface area contributed by atoms with Gasteiger partial charge < -0.3 is 14.5 Å². The van der Waals surface area contributed by atoms with Crippen molar-refractivity contribution in [1.82, 2.24) is 10.3 Å². The number of carbonyl (C=O) groups excluding carboxylic acids is 1. The Hall–Kier alpha value is -3.27. The molecule has 0 radical (unpaired) electrons. The van der Waals surface area contributed by atoms with Crippen LogP contribution in [0.15, 0.2) is 52.9 Å². The van der Waals surface area contributed by atoms with Crippen LogP contribution >= 0.6 is 35.4 Å². The molecular weight excluding hydrogens is 507 g/mol. The van der Waals surface area contributed by atoms with Crippen LogP contribution in [0.2, 0.25) is 10.0 Å². The molecule has 4 rings (SSSR count). The average molecular weight is 522 g/mol. The monoisotopic (exact) mass is 521 g/mol. The van der Waals surface area contributed by atoms with Gasteiger partial charge in [-0.3, -0.25) is 10.1 Å². The Labute approximate surface area is 207 Å². The number of halogens is 4. The lowest BCUT2D eigenvalue weighted by atomic mass is 10.2. The summed E-state index contributed by atoms with van der Waals surface area (Å²) in [5.74, 6) is -2.03. The number of aryl methyl sites for hydroxylation is 1. The van der Waals surface area contributed by atoms with Gasteiger partial charge in [0, 0.05) is 10.7 Å². The van der Waals surface area contributed by atoms with Crippen LogP contribution in [0.1, 0.15) is 5.56 Å². The second-order valence-electron chi connectivity index (χ2n) is 7.15. The molecule has 2 N–H and O–H groups in total. The van der Waals surface area contributed by atoms with E-state index in [1.165, 1.54) is 0 Å². The summed E-state index contributed by atoms with van der Waals surface area (Å²) in [5, 5.41) is 5.97. The maximum absolute atomic E-state index is 13.6. The summed E-state index contributed by atoms with van der Waals surface area (Å²) in [7, 11) is 0. The van der Waals surface area contributed by atoms with Crippen molar-refractivity contribution in [3.8, 4) is 17.2 Å². The molecule has 6 nitrogen and oxygen atoms in total. The average Bonchev–Trinajstić information content (AvgIpc) is 3.18. The predicted octanol–water partition coefficient (Wildman–Crippen LogP) is 6.28. The SMILES string of the molecule is Cc1cc(Cl)ccc1OCC(=O)NC(=S)Nc1ccc2oc(-c3cc(F)c(F)cc3Cl)nc2c1. The lowest BCUT2D eigenvalue weighted by molar-refractivity contribution is -0.121. The first-order valence-corrected chi connectivity index (χ1v) is 10.9. The number of aromatic nitrogens is 1. The number of fused-ring (bicyclic) bond motifs is 1. The summed E-state index contributed by atoms with van der Waals surface area (Å²) < 4.78 is 38.1. The number of carbonyl (C=O) groups is 1. The fraction of sp³-hybridized carbons (Fsp3) is 0.0870. The van der Waals surface area contributed by atoms with Crippen LogP contribution in [0, 0.1) is 18.6 Å². The number of hydrogen-bond acceptors (Lipinski definition) is 5. The first-order chi connectivity index (χ1) is 16.2. The lowest BCUT2D eigenvalue weighted by Gasteiger charge is -2.11. The number of anilines is 1. The zero-order valence-corrected chi connectivity index (χ0v) is 19.7. The molecule has 1 amide bonds. The van der Waals surface area contributed by atoms with Gasteiger partial charge in [-0.15, -0.1) is 0 Å². The lowest BCUT2D eigenvalue weighted by Crippen LogP contribution is -2.37. The molecule has 0 aliphatic carbocycles. The highest BCUT2D eigenvalue weighted by Gasteiger charge is 2.16. The van der Waals surface area contributed by atoms with Crippen LogP contribution in [0.5, 0.6) is 5.75 Å². The second kappa shape index (κ2) is 9.92. The molecule has 0 aliphatic rings. The van der Waals surface area contributed by atoms with Gasteiger partial charge in [0.25, 0.3) is 5.91 Å². The number of nitrogens with zero attached hydrogens (tertiary/aromatic N) is 1. The molecule has 0 aliphatic heterocycles. The van der Waals surface area contributed by atoms with Crippen molar-refractivity contribution in [3.05, 3.63) is 75.8 Å². The first kappa shape index (κ1) is 23.9. The highest BCUT2D eigenvalue weighted by Crippen LogP contribution is 2.32. The summed E-state index contributed by atoms with van der Waals surface area (Å²) in [4.78, 5) is 16.4. The molecule has 0 fully saturated rings. The third-order valence-corrected chi connectivity index (χ3v) is 5.39. The van der Waals surface area contributed by atoms with Crippen LogP contribution in [-0.2, 0) is 4.79 Å². The fourth-order valence-corrected chi connectivity index (χ4v) is 3.74. The largest absolute Gasteiger partial charge is 0.483 e. The van der Waals surface area contributed by atoms with Crippen LogP contribution in [-0.4, -0.2) is 22.6 Å².